The third-order valence-electron chi connectivity index (χ3n) is 5.67. The maximum atomic E-state index is 14.0. The zero-order chi connectivity index (χ0) is 23.6. The van der Waals surface area contributed by atoms with Crippen LogP contribution in [0.5, 0.6) is 5.75 Å². The molecule has 0 unspecified atom stereocenters. The highest BCUT2D eigenvalue weighted by molar-refractivity contribution is 7.89. The lowest BCUT2D eigenvalue weighted by Gasteiger charge is -2.16. The number of aromatic amines is 2. The minimum Gasteiger partial charge on any atom is -0.490 e. The molecule has 3 aromatic rings. The Hall–Kier alpha value is -2.98. The highest BCUT2D eigenvalue weighted by Crippen LogP contribution is 2.31. The Labute approximate surface area is 190 Å². The molecule has 0 aliphatic heterocycles. The van der Waals surface area contributed by atoms with Crippen molar-refractivity contribution >= 4 is 20.9 Å². The molecule has 1 saturated carbocycles. The normalized spacial score (nSPS) is 15.0. The summed E-state index contributed by atoms with van der Waals surface area (Å²) in [6.45, 7) is 2.17. The molecule has 1 aliphatic carbocycles. The molecule has 10 heteroatoms. The van der Waals surface area contributed by atoms with Crippen molar-refractivity contribution < 1.29 is 17.5 Å². The summed E-state index contributed by atoms with van der Waals surface area (Å²) in [6, 6.07) is 8.85. The molecule has 1 aromatic heterocycles. The van der Waals surface area contributed by atoms with Crippen LogP contribution in [0.3, 0.4) is 0 Å². The monoisotopic (exact) mass is 475 g/mol. The number of aromatic nitrogens is 2. The molecule has 33 heavy (non-hydrogen) atoms. The average Bonchev–Trinajstić information content (AvgIpc) is 3.56. The van der Waals surface area contributed by atoms with Crippen LogP contribution < -0.4 is 20.7 Å². The quantitative estimate of drug-likeness (QED) is 0.416. The third kappa shape index (κ3) is 6.08. The number of sulfonamides is 1. The second kappa shape index (κ2) is 9.48. The minimum absolute atomic E-state index is 0.104. The number of halogens is 1. The Bertz CT molecular complexity index is 1380. The van der Waals surface area contributed by atoms with Gasteiger partial charge in [0.25, 0.3) is 5.56 Å². The summed E-state index contributed by atoms with van der Waals surface area (Å²) in [6.07, 6.45) is 2.98. The van der Waals surface area contributed by atoms with Crippen LogP contribution >= 0.6 is 0 Å². The van der Waals surface area contributed by atoms with Crippen molar-refractivity contribution in [3.8, 4) is 5.75 Å². The lowest BCUT2D eigenvalue weighted by atomic mass is 10.1. The van der Waals surface area contributed by atoms with Gasteiger partial charge in [0.2, 0.25) is 10.0 Å². The maximum Gasteiger partial charge on any atom is 0.326 e. The lowest BCUT2D eigenvalue weighted by molar-refractivity contribution is 0.285. The zero-order valence-corrected chi connectivity index (χ0v) is 19.0. The molecule has 2 aromatic carbocycles. The molecule has 0 bridgehead atoms. The molecule has 8 nitrogen and oxygen atoms in total. The third-order valence-corrected chi connectivity index (χ3v) is 7.20. The molecule has 1 fully saturated rings. The summed E-state index contributed by atoms with van der Waals surface area (Å²) in [7, 11) is -3.59. The van der Waals surface area contributed by atoms with E-state index in [1.165, 1.54) is 6.07 Å². The number of ether oxygens (including phenoxy) is 1. The molecule has 176 valence electrons. The number of hydrogen-bond acceptors (Lipinski definition) is 5. The Morgan fingerprint density at radius 3 is 2.70 bits per heavy atom. The number of rotatable bonds is 10. The SMILES string of the molecule is C[C@@H](NS(=O)(=O)CCCc1ccc2c(=O)[nH]c(=O)[nH]c2c1)c1ccc(F)c(OCC2CC2)c1. The lowest BCUT2D eigenvalue weighted by Crippen LogP contribution is -2.29. The van der Waals surface area contributed by atoms with Crippen LogP contribution in [0.2, 0.25) is 0 Å². The van der Waals surface area contributed by atoms with E-state index < -0.39 is 33.1 Å². The van der Waals surface area contributed by atoms with E-state index in [-0.39, 0.29) is 11.5 Å². The van der Waals surface area contributed by atoms with Crippen LogP contribution in [0.4, 0.5) is 4.39 Å². The van der Waals surface area contributed by atoms with E-state index in [1.54, 1.807) is 37.3 Å². The van der Waals surface area contributed by atoms with Crippen molar-refractivity contribution in [2.24, 2.45) is 5.92 Å². The molecule has 4 rings (SSSR count). The number of aryl methyl sites for hydroxylation is 1. The van der Waals surface area contributed by atoms with E-state index in [0.717, 1.165) is 18.4 Å². The predicted octanol–water partition coefficient (Wildman–Crippen LogP) is 2.76. The van der Waals surface area contributed by atoms with Crippen LogP contribution in [0, 0.1) is 11.7 Å². The molecule has 0 radical (unpaired) electrons. The molecule has 1 atom stereocenters. The minimum atomic E-state index is -3.59. The van der Waals surface area contributed by atoms with E-state index in [0.29, 0.717) is 41.8 Å². The number of fused-ring (bicyclic) bond motifs is 1. The first-order chi connectivity index (χ1) is 15.7. The topological polar surface area (TPSA) is 121 Å². The van der Waals surface area contributed by atoms with Gasteiger partial charge in [-0.25, -0.2) is 22.3 Å². The van der Waals surface area contributed by atoms with Crippen LogP contribution in [0.1, 0.15) is 43.4 Å². The van der Waals surface area contributed by atoms with E-state index in [2.05, 4.69) is 14.7 Å². The van der Waals surface area contributed by atoms with E-state index in [1.807, 2.05) is 0 Å². The fourth-order valence-electron chi connectivity index (χ4n) is 3.63. The van der Waals surface area contributed by atoms with Gasteiger partial charge < -0.3 is 9.72 Å². The highest BCUT2D eigenvalue weighted by atomic mass is 32.2. The van der Waals surface area contributed by atoms with Gasteiger partial charge in [-0.3, -0.25) is 9.78 Å². The number of nitrogens with one attached hydrogen (secondary N) is 3. The van der Waals surface area contributed by atoms with Crippen LogP contribution in [-0.2, 0) is 16.4 Å². The molecule has 0 saturated heterocycles. The van der Waals surface area contributed by atoms with Gasteiger partial charge in [-0.05, 0) is 73.9 Å². The first kappa shape index (κ1) is 23.2. The van der Waals surface area contributed by atoms with Crippen molar-refractivity contribution in [1.29, 1.82) is 0 Å². The van der Waals surface area contributed by atoms with Gasteiger partial charge in [-0.1, -0.05) is 12.1 Å². The second-order valence-electron chi connectivity index (χ2n) is 8.49. The first-order valence-corrected chi connectivity index (χ1v) is 12.5. The fourth-order valence-corrected chi connectivity index (χ4v) is 4.94. The van der Waals surface area contributed by atoms with Crippen molar-refractivity contribution in [3.05, 3.63) is 74.2 Å². The van der Waals surface area contributed by atoms with Crippen molar-refractivity contribution in [3.63, 3.8) is 0 Å². The Morgan fingerprint density at radius 2 is 1.94 bits per heavy atom. The number of benzene rings is 2. The van der Waals surface area contributed by atoms with Crippen LogP contribution in [0.15, 0.2) is 46.0 Å². The van der Waals surface area contributed by atoms with E-state index in [9.17, 15) is 22.4 Å². The molecular formula is C23H26FN3O5S. The summed E-state index contributed by atoms with van der Waals surface area (Å²) >= 11 is 0. The first-order valence-electron chi connectivity index (χ1n) is 10.9. The van der Waals surface area contributed by atoms with Gasteiger partial charge in [0.15, 0.2) is 11.6 Å². The molecule has 0 amide bonds. The van der Waals surface area contributed by atoms with Crippen molar-refractivity contribution in [1.82, 2.24) is 14.7 Å². The second-order valence-corrected chi connectivity index (χ2v) is 10.4. The average molecular weight is 476 g/mol. The molecule has 0 spiro atoms. The van der Waals surface area contributed by atoms with Gasteiger partial charge in [-0.15, -0.1) is 0 Å². The fraction of sp³-hybridized carbons (Fsp3) is 0.391. The Morgan fingerprint density at radius 1 is 1.15 bits per heavy atom. The van der Waals surface area contributed by atoms with E-state index in [4.69, 9.17) is 4.74 Å². The smallest absolute Gasteiger partial charge is 0.326 e. The van der Waals surface area contributed by atoms with Gasteiger partial charge >= 0.3 is 5.69 Å². The molecular weight excluding hydrogens is 449 g/mol. The highest BCUT2D eigenvalue weighted by Gasteiger charge is 2.23. The number of hydrogen-bond donors (Lipinski definition) is 3. The van der Waals surface area contributed by atoms with E-state index >= 15 is 0 Å². The van der Waals surface area contributed by atoms with Crippen LogP contribution in [0.25, 0.3) is 10.9 Å². The molecule has 1 aliphatic rings. The van der Waals surface area contributed by atoms with Gasteiger partial charge in [-0.2, -0.15) is 0 Å². The predicted molar refractivity (Wildman–Crippen MR) is 123 cm³/mol. The summed E-state index contributed by atoms with van der Waals surface area (Å²) < 4.78 is 47.3. The summed E-state index contributed by atoms with van der Waals surface area (Å²) in [4.78, 5) is 28.0. The number of H-pyrrole nitrogens is 2. The van der Waals surface area contributed by atoms with Gasteiger partial charge in [0, 0.05) is 6.04 Å². The van der Waals surface area contributed by atoms with Crippen molar-refractivity contribution in [2.45, 2.75) is 38.6 Å². The molecule has 3 N–H and O–H groups in total. The summed E-state index contributed by atoms with van der Waals surface area (Å²) in [5.41, 5.74) is 0.777. The standard InChI is InChI=1S/C23H26FN3O5S/c1-14(17-7-9-19(24)21(12-17)32-13-16-4-5-16)27-33(30,31)10-2-3-15-6-8-18-20(11-15)25-23(29)26-22(18)28/h6-9,11-12,14,16,27H,2-5,10,13H2,1H3,(H2,25,26,28,29)/t14-/m1/s1. The van der Waals surface area contributed by atoms with Gasteiger partial charge in [0.1, 0.15) is 0 Å². The summed E-state index contributed by atoms with van der Waals surface area (Å²) in [5, 5.41) is 0.362. The van der Waals surface area contributed by atoms with Crippen LogP contribution in [-0.4, -0.2) is 30.7 Å². The maximum absolute atomic E-state index is 14.0. The van der Waals surface area contributed by atoms with Gasteiger partial charge in [0.05, 0.1) is 23.3 Å². The summed E-state index contributed by atoms with van der Waals surface area (Å²) in [5.74, 6) is 0.0485. The Balaban J connectivity index is 1.35. The largest absolute Gasteiger partial charge is 0.490 e. The van der Waals surface area contributed by atoms with Crippen molar-refractivity contribution in [2.75, 3.05) is 12.4 Å². The molecule has 1 heterocycles. The zero-order valence-electron chi connectivity index (χ0n) is 18.2. The Kier molecular flexibility index (Phi) is 6.66.